The lowest BCUT2D eigenvalue weighted by molar-refractivity contribution is 0.0530. The molecule has 0 spiro atoms. The number of ether oxygens (including phenoxy) is 1. The topological polar surface area (TPSA) is 78.1 Å². The van der Waals surface area contributed by atoms with Gasteiger partial charge in [0, 0.05) is 6.20 Å². The molecule has 2 aromatic heterocycles. The van der Waals surface area contributed by atoms with E-state index >= 15 is 0 Å². The predicted octanol–water partition coefficient (Wildman–Crippen LogP) is 2.53. The van der Waals surface area contributed by atoms with Crippen molar-refractivity contribution in [1.82, 2.24) is 9.97 Å². The first-order chi connectivity index (χ1) is 9.17. The molecule has 0 saturated heterocycles. The molecule has 6 heteroatoms. The van der Waals surface area contributed by atoms with Crippen LogP contribution in [0.2, 0.25) is 0 Å². The zero-order valence-electron chi connectivity index (χ0n) is 10.8. The molecule has 0 aliphatic carbocycles. The summed E-state index contributed by atoms with van der Waals surface area (Å²) in [7, 11) is 0. The van der Waals surface area contributed by atoms with Gasteiger partial charge >= 0.3 is 5.97 Å². The first-order valence-corrected chi connectivity index (χ1v) is 6.86. The number of nitrogen functional groups attached to an aromatic ring is 1. The summed E-state index contributed by atoms with van der Waals surface area (Å²) < 4.78 is 5.03. The lowest BCUT2D eigenvalue weighted by atomic mass is 10.2. The number of aromatic nitrogens is 2. The van der Waals surface area contributed by atoms with Crippen molar-refractivity contribution in [2.45, 2.75) is 20.3 Å². The first-order valence-electron chi connectivity index (χ1n) is 6.05. The zero-order chi connectivity index (χ0) is 13.8. The maximum absolute atomic E-state index is 11.9. The van der Waals surface area contributed by atoms with Gasteiger partial charge in [0.15, 0.2) is 0 Å². The van der Waals surface area contributed by atoms with Crippen LogP contribution in [0, 0.1) is 0 Å². The Bertz CT molecular complexity index is 595. The van der Waals surface area contributed by atoms with Crippen LogP contribution in [-0.4, -0.2) is 22.5 Å². The molecule has 0 atom stereocenters. The Kier molecular flexibility index (Phi) is 4.11. The van der Waals surface area contributed by atoms with Gasteiger partial charge in [-0.1, -0.05) is 6.92 Å². The number of pyridine rings is 1. The van der Waals surface area contributed by atoms with Crippen LogP contribution in [0.1, 0.15) is 29.2 Å². The van der Waals surface area contributed by atoms with Crippen LogP contribution >= 0.6 is 11.3 Å². The summed E-state index contributed by atoms with van der Waals surface area (Å²) in [5, 5.41) is 0.700. The van der Waals surface area contributed by atoms with Crippen LogP contribution in [-0.2, 0) is 11.2 Å². The predicted molar refractivity (Wildman–Crippen MR) is 75.1 cm³/mol. The van der Waals surface area contributed by atoms with Gasteiger partial charge in [-0.2, -0.15) is 0 Å². The number of rotatable bonds is 4. The third-order valence-corrected chi connectivity index (χ3v) is 3.67. The molecule has 19 heavy (non-hydrogen) atoms. The van der Waals surface area contributed by atoms with Crippen LogP contribution in [0.4, 0.5) is 5.82 Å². The second kappa shape index (κ2) is 5.79. The molecule has 5 nitrogen and oxygen atoms in total. The minimum atomic E-state index is -0.328. The van der Waals surface area contributed by atoms with E-state index in [2.05, 4.69) is 9.97 Å². The minimum absolute atomic E-state index is 0.328. The zero-order valence-corrected chi connectivity index (χ0v) is 11.7. The maximum atomic E-state index is 11.9. The quantitative estimate of drug-likeness (QED) is 0.869. The smallest absolute Gasteiger partial charge is 0.350 e. The number of anilines is 1. The van der Waals surface area contributed by atoms with Gasteiger partial charge in [0.2, 0.25) is 0 Å². The van der Waals surface area contributed by atoms with E-state index in [1.54, 1.807) is 19.2 Å². The highest BCUT2D eigenvalue weighted by molar-refractivity contribution is 7.17. The fraction of sp³-hybridized carbons (Fsp3) is 0.308. The van der Waals surface area contributed by atoms with Gasteiger partial charge in [0.05, 0.1) is 17.9 Å². The molecule has 2 rings (SSSR count). The van der Waals surface area contributed by atoms with E-state index in [9.17, 15) is 4.79 Å². The van der Waals surface area contributed by atoms with Crippen molar-refractivity contribution in [1.29, 1.82) is 0 Å². The molecule has 2 N–H and O–H groups in total. The maximum Gasteiger partial charge on any atom is 0.350 e. The monoisotopic (exact) mass is 277 g/mol. The Hall–Kier alpha value is -1.95. The molecule has 0 unspecified atom stereocenters. The normalized spacial score (nSPS) is 10.4. The van der Waals surface area contributed by atoms with Crippen LogP contribution < -0.4 is 5.73 Å². The highest BCUT2D eigenvalue weighted by atomic mass is 32.1. The summed E-state index contributed by atoms with van der Waals surface area (Å²) >= 11 is 1.29. The van der Waals surface area contributed by atoms with Crippen LogP contribution in [0.5, 0.6) is 0 Å². The average molecular weight is 277 g/mol. The van der Waals surface area contributed by atoms with Gasteiger partial charge in [0.25, 0.3) is 0 Å². The van der Waals surface area contributed by atoms with E-state index in [1.807, 2.05) is 13.0 Å². The highest BCUT2D eigenvalue weighted by Gasteiger charge is 2.19. The van der Waals surface area contributed by atoms with Gasteiger partial charge in [-0.05, 0) is 25.5 Å². The molecule has 2 aromatic rings. The molecule has 0 radical (unpaired) electrons. The number of thiazole rings is 1. The van der Waals surface area contributed by atoms with E-state index in [0.29, 0.717) is 28.7 Å². The number of nitrogens with two attached hydrogens (primary N) is 1. The Morgan fingerprint density at radius 2 is 2.26 bits per heavy atom. The number of carbonyl (C=O) groups is 1. The number of hydrogen-bond acceptors (Lipinski definition) is 6. The molecule has 0 amide bonds. The number of carbonyl (C=O) groups excluding carboxylic acids is 1. The van der Waals surface area contributed by atoms with Crippen LogP contribution in [0.3, 0.4) is 0 Å². The van der Waals surface area contributed by atoms with Crippen molar-refractivity contribution in [3.8, 4) is 10.6 Å². The first kappa shape index (κ1) is 13.5. The van der Waals surface area contributed by atoms with Crippen molar-refractivity contribution in [3.05, 3.63) is 28.9 Å². The van der Waals surface area contributed by atoms with Crippen molar-refractivity contribution in [3.63, 3.8) is 0 Å². The number of hydrogen-bond donors (Lipinski definition) is 1. The number of nitrogens with zero attached hydrogens (tertiary/aromatic N) is 2. The Labute approximate surface area is 115 Å². The van der Waals surface area contributed by atoms with E-state index in [1.165, 1.54) is 11.3 Å². The summed E-state index contributed by atoms with van der Waals surface area (Å²) in [5.41, 5.74) is 7.31. The van der Waals surface area contributed by atoms with Crippen LogP contribution in [0.25, 0.3) is 10.6 Å². The largest absolute Gasteiger partial charge is 0.462 e. The van der Waals surface area contributed by atoms with Crippen molar-refractivity contribution in [2.24, 2.45) is 0 Å². The fourth-order valence-corrected chi connectivity index (χ4v) is 2.74. The number of esters is 1. The van der Waals surface area contributed by atoms with E-state index < -0.39 is 0 Å². The average Bonchev–Trinajstić information content (AvgIpc) is 2.83. The molecule has 0 aliphatic rings. The third kappa shape index (κ3) is 2.73. The summed E-state index contributed by atoms with van der Waals surface area (Å²) in [5.74, 6) is 0.0832. The summed E-state index contributed by atoms with van der Waals surface area (Å²) in [6.07, 6.45) is 2.30. The molecule has 2 heterocycles. The third-order valence-electron chi connectivity index (χ3n) is 2.56. The second-order valence-corrected chi connectivity index (χ2v) is 4.80. The van der Waals surface area contributed by atoms with Crippen molar-refractivity contribution >= 4 is 23.1 Å². The Morgan fingerprint density at radius 3 is 2.89 bits per heavy atom. The molecular formula is C13H15N3O2S. The molecular weight excluding hydrogens is 262 g/mol. The minimum Gasteiger partial charge on any atom is -0.462 e. The Morgan fingerprint density at radius 1 is 1.47 bits per heavy atom. The van der Waals surface area contributed by atoms with Gasteiger partial charge in [-0.25, -0.2) is 14.8 Å². The molecule has 0 aliphatic heterocycles. The molecule has 0 bridgehead atoms. The molecule has 0 saturated carbocycles. The molecule has 0 fully saturated rings. The fourth-order valence-electron chi connectivity index (χ4n) is 1.66. The van der Waals surface area contributed by atoms with Gasteiger partial charge in [-0.15, -0.1) is 11.3 Å². The lowest BCUT2D eigenvalue weighted by Gasteiger charge is -1.99. The van der Waals surface area contributed by atoms with Crippen molar-refractivity contribution in [2.75, 3.05) is 12.3 Å². The highest BCUT2D eigenvalue weighted by Crippen LogP contribution is 2.31. The van der Waals surface area contributed by atoms with E-state index in [0.717, 1.165) is 11.3 Å². The van der Waals surface area contributed by atoms with Crippen molar-refractivity contribution < 1.29 is 9.53 Å². The van der Waals surface area contributed by atoms with E-state index in [4.69, 9.17) is 10.5 Å². The second-order valence-electron chi connectivity index (χ2n) is 3.81. The summed E-state index contributed by atoms with van der Waals surface area (Å²) in [6.45, 7) is 4.09. The standard InChI is InChI=1S/C13H15N3O2S/c1-3-9-10(13(17)18-4-2)19-12(16-9)8-6-5-7-15-11(8)14/h5-7H,3-4H2,1-2H3,(H2,14,15). The summed E-state index contributed by atoms with van der Waals surface area (Å²) in [6, 6.07) is 3.64. The van der Waals surface area contributed by atoms with Gasteiger partial charge in [-0.3, -0.25) is 0 Å². The van der Waals surface area contributed by atoms with Crippen LogP contribution in [0.15, 0.2) is 18.3 Å². The Balaban J connectivity index is 2.44. The SMILES string of the molecule is CCOC(=O)c1sc(-c2cccnc2N)nc1CC. The molecule has 0 aromatic carbocycles. The lowest BCUT2D eigenvalue weighted by Crippen LogP contribution is -2.05. The van der Waals surface area contributed by atoms with Gasteiger partial charge in [0.1, 0.15) is 15.7 Å². The number of aryl methyl sites for hydroxylation is 1. The van der Waals surface area contributed by atoms with E-state index in [-0.39, 0.29) is 5.97 Å². The molecule has 100 valence electrons. The summed E-state index contributed by atoms with van der Waals surface area (Å²) in [4.78, 5) is 20.9. The van der Waals surface area contributed by atoms with Gasteiger partial charge < -0.3 is 10.5 Å².